The fraction of sp³-hybridized carbons (Fsp3) is 0.182. The van der Waals surface area contributed by atoms with E-state index in [1.165, 1.54) is 6.07 Å². The lowest BCUT2D eigenvalue weighted by Gasteiger charge is -2.05. The number of nitro benzene ring substituents is 1. The first-order valence-corrected chi connectivity index (χ1v) is 7.51. The second kappa shape index (κ2) is 5.80. The summed E-state index contributed by atoms with van der Waals surface area (Å²) in [6.07, 6.45) is 0. The highest BCUT2D eigenvalue weighted by molar-refractivity contribution is 7.89. The van der Waals surface area contributed by atoms with E-state index in [1.807, 2.05) is 0 Å². The molecule has 0 spiro atoms. The molecular formula is C11H10ClN3O5S. The van der Waals surface area contributed by atoms with Gasteiger partial charge in [0.1, 0.15) is 10.8 Å². The molecule has 1 aromatic heterocycles. The minimum atomic E-state index is -3.92. The number of hydrogen-bond acceptors (Lipinski definition) is 6. The van der Waals surface area contributed by atoms with Crippen LogP contribution in [0.25, 0.3) is 0 Å². The molecule has 0 amide bonds. The number of hydrogen-bond donors (Lipinski definition) is 1. The van der Waals surface area contributed by atoms with Crippen molar-refractivity contribution in [1.29, 1.82) is 0 Å². The molecule has 112 valence electrons. The molecule has 1 N–H and O–H groups in total. The van der Waals surface area contributed by atoms with Crippen LogP contribution < -0.4 is 4.72 Å². The zero-order valence-electron chi connectivity index (χ0n) is 10.7. The molecule has 0 bridgehead atoms. The number of halogens is 1. The maximum Gasteiger partial charge on any atom is 0.289 e. The minimum absolute atomic E-state index is 0.0872. The predicted octanol–water partition coefficient (Wildman–Crippen LogP) is 2.02. The minimum Gasteiger partial charge on any atom is -0.361 e. The first-order chi connectivity index (χ1) is 9.79. The van der Waals surface area contributed by atoms with Gasteiger partial charge in [0, 0.05) is 12.1 Å². The molecule has 0 aliphatic rings. The van der Waals surface area contributed by atoms with Crippen LogP contribution in [0.15, 0.2) is 33.7 Å². The number of aryl methyl sites for hydroxylation is 1. The lowest BCUT2D eigenvalue weighted by molar-refractivity contribution is -0.384. The Balaban J connectivity index is 2.23. The van der Waals surface area contributed by atoms with Crippen LogP contribution in [0.2, 0.25) is 5.02 Å². The van der Waals surface area contributed by atoms with Gasteiger partial charge in [-0.2, -0.15) is 0 Å². The highest BCUT2D eigenvalue weighted by atomic mass is 35.5. The third kappa shape index (κ3) is 3.57. The molecule has 0 aliphatic heterocycles. The Morgan fingerprint density at radius 1 is 1.43 bits per heavy atom. The molecule has 21 heavy (non-hydrogen) atoms. The van der Waals surface area contributed by atoms with E-state index in [9.17, 15) is 18.5 Å². The predicted molar refractivity (Wildman–Crippen MR) is 73.4 cm³/mol. The third-order valence-corrected chi connectivity index (χ3v) is 4.26. The zero-order valence-corrected chi connectivity index (χ0v) is 12.3. The summed E-state index contributed by atoms with van der Waals surface area (Å²) in [5.74, 6) is 0.548. The van der Waals surface area contributed by atoms with Crippen molar-refractivity contribution in [2.45, 2.75) is 18.4 Å². The molecule has 0 aliphatic carbocycles. The second-order valence-corrected chi connectivity index (χ2v) is 6.30. The summed E-state index contributed by atoms with van der Waals surface area (Å²) in [4.78, 5) is 9.77. The Bertz CT molecular complexity index is 787. The lowest BCUT2D eigenvalue weighted by atomic mass is 10.3. The molecule has 8 nitrogen and oxygen atoms in total. The van der Waals surface area contributed by atoms with Gasteiger partial charge in [0.15, 0.2) is 0 Å². The summed E-state index contributed by atoms with van der Waals surface area (Å²) >= 11 is 5.64. The summed E-state index contributed by atoms with van der Waals surface area (Å²) in [7, 11) is -3.92. The topological polar surface area (TPSA) is 115 Å². The van der Waals surface area contributed by atoms with Crippen LogP contribution in [-0.2, 0) is 16.6 Å². The van der Waals surface area contributed by atoms with Gasteiger partial charge in [0.05, 0.1) is 22.1 Å². The van der Waals surface area contributed by atoms with Crippen LogP contribution in [0, 0.1) is 17.0 Å². The summed E-state index contributed by atoms with van der Waals surface area (Å²) in [5.41, 5.74) is -0.0728. The van der Waals surface area contributed by atoms with Crippen LogP contribution in [0.4, 0.5) is 5.69 Å². The van der Waals surface area contributed by atoms with E-state index in [1.54, 1.807) is 13.0 Å². The van der Waals surface area contributed by atoms with Gasteiger partial charge in [-0.05, 0) is 19.1 Å². The van der Waals surface area contributed by atoms with Crippen molar-refractivity contribution in [3.63, 3.8) is 0 Å². The zero-order chi connectivity index (χ0) is 15.6. The molecular weight excluding hydrogens is 322 g/mol. The lowest BCUT2D eigenvalue weighted by Crippen LogP contribution is -2.23. The monoisotopic (exact) mass is 331 g/mol. The van der Waals surface area contributed by atoms with E-state index in [0.29, 0.717) is 11.5 Å². The fourth-order valence-corrected chi connectivity index (χ4v) is 2.76. The number of aromatic nitrogens is 1. The van der Waals surface area contributed by atoms with Crippen molar-refractivity contribution in [2.24, 2.45) is 0 Å². The molecule has 0 radical (unpaired) electrons. The maximum atomic E-state index is 12.1. The largest absolute Gasteiger partial charge is 0.361 e. The molecule has 0 saturated heterocycles. The molecule has 0 saturated carbocycles. The average molecular weight is 332 g/mol. The highest BCUT2D eigenvalue weighted by Crippen LogP contribution is 2.27. The number of nitro groups is 1. The SMILES string of the molecule is Cc1cc(CNS(=O)(=O)c2ccc(Cl)c([N+](=O)[O-])c2)no1. The molecule has 1 aromatic carbocycles. The average Bonchev–Trinajstić information content (AvgIpc) is 2.82. The van der Waals surface area contributed by atoms with E-state index in [4.69, 9.17) is 16.1 Å². The van der Waals surface area contributed by atoms with E-state index >= 15 is 0 Å². The van der Waals surface area contributed by atoms with Crippen LogP contribution in [0.1, 0.15) is 11.5 Å². The quantitative estimate of drug-likeness (QED) is 0.662. The Hall–Kier alpha value is -1.97. The number of nitrogens with one attached hydrogen (secondary N) is 1. The van der Waals surface area contributed by atoms with Gasteiger partial charge in [-0.1, -0.05) is 16.8 Å². The van der Waals surface area contributed by atoms with E-state index < -0.39 is 20.6 Å². The van der Waals surface area contributed by atoms with Crippen molar-refractivity contribution in [2.75, 3.05) is 0 Å². The molecule has 2 rings (SSSR count). The van der Waals surface area contributed by atoms with E-state index in [2.05, 4.69) is 9.88 Å². The molecule has 0 atom stereocenters. The van der Waals surface area contributed by atoms with Crippen molar-refractivity contribution >= 4 is 27.3 Å². The van der Waals surface area contributed by atoms with Crippen molar-refractivity contribution in [3.8, 4) is 0 Å². The summed E-state index contributed by atoms with van der Waals surface area (Å²) in [6, 6.07) is 4.83. The molecule has 0 unspecified atom stereocenters. The van der Waals surface area contributed by atoms with Gasteiger partial charge in [-0.25, -0.2) is 13.1 Å². The Morgan fingerprint density at radius 3 is 2.71 bits per heavy atom. The van der Waals surface area contributed by atoms with Crippen molar-refractivity contribution < 1.29 is 17.9 Å². The number of nitrogens with zero attached hydrogens (tertiary/aromatic N) is 2. The van der Waals surface area contributed by atoms with Gasteiger partial charge in [0.25, 0.3) is 5.69 Å². The third-order valence-electron chi connectivity index (χ3n) is 2.54. The maximum absolute atomic E-state index is 12.1. The Kier molecular flexibility index (Phi) is 4.26. The summed E-state index contributed by atoms with van der Waals surface area (Å²) < 4.78 is 31.2. The molecule has 0 fully saturated rings. The van der Waals surface area contributed by atoms with Crippen LogP contribution in [-0.4, -0.2) is 18.5 Å². The molecule has 1 heterocycles. The smallest absolute Gasteiger partial charge is 0.289 e. The van der Waals surface area contributed by atoms with Gasteiger partial charge in [0.2, 0.25) is 10.0 Å². The van der Waals surface area contributed by atoms with E-state index in [-0.39, 0.29) is 16.5 Å². The van der Waals surface area contributed by atoms with Gasteiger partial charge >= 0.3 is 0 Å². The van der Waals surface area contributed by atoms with Crippen LogP contribution in [0.5, 0.6) is 0 Å². The number of sulfonamides is 1. The normalized spacial score (nSPS) is 11.5. The van der Waals surface area contributed by atoms with Crippen LogP contribution >= 0.6 is 11.6 Å². The first-order valence-electron chi connectivity index (χ1n) is 5.65. The molecule has 10 heteroatoms. The van der Waals surface area contributed by atoms with Gasteiger partial charge in [-0.3, -0.25) is 10.1 Å². The second-order valence-electron chi connectivity index (χ2n) is 4.12. The Labute approximate surface area is 124 Å². The summed E-state index contributed by atoms with van der Waals surface area (Å²) in [6.45, 7) is 1.59. The Morgan fingerprint density at radius 2 is 2.14 bits per heavy atom. The van der Waals surface area contributed by atoms with Crippen LogP contribution in [0.3, 0.4) is 0 Å². The highest BCUT2D eigenvalue weighted by Gasteiger charge is 2.20. The summed E-state index contributed by atoms with van der Waals surface area (Å²) in [5, 5.41) is 14.3. The van der Waals surface area contributed by atoms with Crippen molar-refractivity contribution in [3.05, 3.63) is 50.9 Å². The fourth-order valence-electron chi connectivity index (χ4n) is 1.55. The number of rotatable bonds is 5. The molecule has 2 aromatic rings. The standard InChI is InChI=1S/C11H10ClN3O5S/c1-7-4-8(14-20-7)6-13-21(18,19)9-2-3-10(12)11(5-9)15(16)17/h2-5,13H,6H2,1H3. The van der Waals surface area contributed by atoms with Gasteiger partial charge < -0.3 is 4.52 Å². The van der Waals surface area contributed by atoms with Gasteiger partial charge in [-0.15, -0.1) is 0 Å². The number of benzene rings is 1. The first kappa shape index (κ1) is 15.4. The van der Waals surface area contributed by atoms with E-state index in [0.717, 1.165) is 12.1 Å². The van der Waals surface area contributed by atoms with Crippen molar-refractivity contribution in [1.82, 2.24) is 9.88 Å².